The number of fused-ring (bicyclic) bond motifs is 2. The summed E-state index contributed by atoms with van der Waals surface area (Å²) < 4.78 is 7.76. The lowest BCUT2D eigenvalue weighted by atomic mass is 10.0. The number of benzene rings is 3. The Morgan fingerprint density at radius 1 is 1.02 bits per heavy atom. The molecule has 7 rings (SSSR count). The third kappa shape index (κ3) is 5.97. The van der Waals surface area contributed by atoms with E-state index < -0.39 is 5.97 Å². The van der Waals surface area contributed by atoms with Gasteiger partial charge in [-0.3, -0.25) is 4.79 Å². The van der Waals surface area contributed by atoms with Gasteiger partial charge in [-0.05, 0) is 30.7 Å². The molecular weight excluding hydrogens is 584 g/mol. The molecule has 0 unspecified atom stereocenters. The number of quaternary nitrogens is 1. The highest BCUT2D eigenvalue weighted by Gasteiger charge is 2.26. The van der Waals surface area contributed by atoms with Gasteiger partial charge in [-0.15, -0.1) is 0 Å². The molecule has 1 amide bonds. The SMILES string of the molecule is CC(=O)[O-].COc1cc(-c2nn(C3CC[NH2+]CC3)c3ncnc(N)c23)ccc1NC(=O)c1[nH]c2ccccc2c1-c1ccccc1. The first-order chi connectivity index (χ1) is 22.4. The lowest BCUT2D eigenvalue weighted by Crippen LogP contribution is -2.86. The van der Waals surface area contributed by atoms with Crippen molar-refractivity contribution < 1.29 is 24.7 Å². The van der Waals surface area contributed by atoms with Crippen LogP contribution in [0.15, 0.2) is 79.1 Å². The molecule has 0 aliphatic carbocycles. The summed E-state index contributed by atoms with van der Waals surface area (Å²) in [5.41, 5.74) is 12.3. The van der Waals surface area contributed by atoms with Crippen LogP contribution in [0.4, 0.5) is 11.5 Å². The number of nitrogen functional groups attached to an aromatic ring is 1. The largest absolute Gasteiger partial charge is 0.550 e. The van der Waals surface area contributed by atoms with E-state index in [0.717, 1.165) is 71.5 Å². The number of aliphatic carboxylic acids is 1. The Kier molecular flexibility index (Phi) is 8.61. The van der Waals surface area contributed by atoms with Crippen LogP contribution in [0.25, 0.3) is 44.3 Å². The molecule has 234 valence electrons. The number of piperidine rings is 1. The van der Waals surface area contributed by atoms with E-state index in [1.54, 1.807) is 7.11 Å². The van der Waals surface area contributed by atoms with Crippen molar-refractivity contribution in [3.05, 3.63) is 84.8 Å². The number of nitrogens with two attached hydrogens (primary N) is 2. The Morgan fingerprint density at radius 2 is 1.74 bits per heavy atom. The van der Waals surface area contributed by atoms with Crippen molar-refractivity contribution >= 4 is 45.3 Å². The third-order valence-corrected chi connectivity index (χ3v) is 7.99. The first-order valence-corrected chi connectivity index (χ1v) is 15.0. The van der Waals surface area contributed by atoms with E-state index in [9.17, 15) is 4.79 Å². The number of aromatic amines is 1. The van der Waals surface area contributed by atoms with Gasteiger partial charge in [0.25, 0.3) is 5.91 Å². The lowest BCUT2D eigenvalue weighted by molar-refractivity contribution is -0.664. The number of hydrogen-bond donors (Lipinski definition) is 4. The summed E-state index contributed by atoms with van der Waals surface area (Å²) in [6, 6.07) is 23.7. The smallest absolute Gasteiger partial charge is 0.272 e. The van der Waals surface area contributed by atoms with E-state index in [0.29, 0.717) is 28.6 Å². The van der Waals surface area contributed by atoms with Crippen LogP contribution in [0.1, 0.15) is 36.3 Å². The molecule has 1 saturated heterocycles. The molecule has 4 heterocycles. The Labute approximate surface area is 264 Å². The van der Waals surface area contributed by atoms with Gasteiger partial charge in [-0.2, -0.15) is 5.10 Å². The molecule has 1 aliphatic rings. The van der Waals surface area contributed by atoms with Crippen LogP contribution in [-0.4, -0.2) is 56.8 Å². The number of H-pyrrole nitrogens is 1. The second-order valence-corrected chi connectivity index (χ2v) is 11.0. The van der Waals surface area contributed by atoms with Crippen LogP contribution in [0.5, 0.6) is 5.75 Å². The van der Waals surface area contributed by atoms with E-state index in [4.69, 9.17) is 25.5 Å². The van der Waals surface area contributed by atoms with Gasteiger partial charge >= 0.3 is 0 Å². The number of rotatable bonds is 6. The summed E-state index contributed by atoms with van der Waals surface area (Å²) in [7, 11) is 1.58. The normalized spacial score (nSPS) is 13.3. The van der Waals surface area contributed by atoms with Gasteiger partial charge in [-0.25, -0.2) is 14.6 Å². The molecule has 0 radical (unpaired) electrons. The fourth-order valence-electron chi connectivity index (χ4n) is 5.95. The fraction of sp³-hybridized carbons (Fsp3) is 0.206. The third-order valence-electron chi connectivity index (χ3n) is 7.99. The van der Waals surface area contributed by atoms with Gasteiger partial charge in [0.2, 0.25) is 0 Å². The lowest BCUT2D eigenvalue weighted by Gasteiger charge is -2.21. The molecule has 3 aromatic heterocycles. The summed E-state index contributed by atoms with van der Waals surface area (Å²) in [6.07, 6.45) is 3.50. The monoisotopic (exact) mass is 618 g/mol. The van der Waals surface area contributed by atoms with E-state index in [1.807, 2.05) is 77.5 Å². The molecule has 0 bridgehead atoms. The molecule has 12 heteroatoms. The molecule has 6 N–H and O–H groups in total. The first kappa shape index (κ1) is 30.3. The summed E-state index contributed by atoms with van der Waals surface area (Å²) >= 11 is 0. The van der Waals surface area contributed by atoms with Gasteiger partial charge in [0.15, 0.2) is 5.65 Å². The van der Waals surface area contributed by atoms with Crippen LogP contribution in [0.2, 0.25) is 0 Å². The number of carbonyl (C=O) groups is 2. The number of para-hydroxylation sites is 1. The number of methoxy groups -OCH3 is 1. The maximum absolute atomic E-state index is 13.7. The van der Waals surface area contributed by atoms with Crippen molar-refractivity contribution in [1.82, 2.24) is 24.7 Å². The summed E-state index contributed by atoms with van der Waals surface area (Å²) in [5, 5.41) is 21.0. The Morgan fingerprint density at radius 3 is 2.48 bits per heavy atom. The standard InChI is InChI=1S/C32H30N8O2.C2H4O2/c1-42-25-17-20(28-27-30(33)35-18-36-31(27)40(39-28)21-13-15-34-16-14-21)11-12-24(25)38-32(41)29-26(19-7-3-2-4-8-19)22-9-5-6-10-23(22)37-29;1-2(3)4/h2-12,17-18,21,34,37H,13-16H2,1H3,(H,38,41)(H2,33,35,36);1H3,(H,3,4). The van der Waals surface area contributed by atoms with E-state index in [2.05, 4.69) is 25.6 Å². The van der Waals surface area contributed by atoms with Crippen LogP contribution in [0.3, 0.4) is 0 Å². The number of carboxylic acids is 1. The van der Waals surface area contributed by atoms with Crippen molar-refractivity contribution in [2.75, 3.05) is 31.2 Å². The molecule has 1 fully saturated rings. The van der Waals surface area contributed by atoms with E-state index in [1.165, 1.54) is 6.33 Å². The molecule has 3 aromatic carbocycles. The van der Waals surface area contributed by atoms with Crippen LogP contribution in [0, 0.1) is 0 Å². The van der Waals surface area contributed by atoms with Crippen LogP contribution >= 0.6 is 0 Å². The zero-order valence-corrected chi connectivity index (χ0v) is 25.5. The number of carbonyl (C=O) groups excluding carboxylic acids is 2. The number of nitrogens with zero attached hydrogens (tertiary/aromatic N) is 4. The van der Waals surface area contributed by atoms with Crippen molar-refractivity contribution in [1.29, 1.82) is 0 Å². The number of aromatic nitrogens is 5. The number of nitrogens with one attached hydrogen (secondary N) is 2. The number of hydrogen-bond acceptors (Lipinski definition) is 8. The van der Waals surface area contributed by atoms with E-state index in [-0.39, 0.29) is 11.9 Å². The van der Waals surface area contributed by atoms with E-state index >= 15 is 0 Å². The number of ether oxygens (including phenoxy) is 1. The van der Waals surface area contributed by atoms with Gasteiger partial charge in [-0.1, -0.05) is 54.6 Å². The van der Waals surface area contributed by atoms with Crippen LogP contribution < -0.4 is 26.2 Å². The predicted molar refractivity (Wildman–Crippen MR) is 174 cm³/mol. The molecule has 6 aromatic rings. The minimum absolute atomic E-state index is 0.246. The van der Waals surface area contributed by atoms with Gasteiger partial charge in [0.05, 0.1) is 37.3 Å². The maximum Gasteiger partial charge on any atom is 0.272 e. The Bertz CT molecular complexity index is 2030. The van der Waals surface area contributed by atoms with Crippen molar-refractivity contribution in [3.8, 4) is 28.1 Å². The summed E-state index contributed by atoms with van der Waals surface area (Å²) in [4.78, 5) is 34.8. The zero-order chi connectivity index (χ0) is 32.2. The quantitative estimate of drug-likeness (QED) is 0.220. The number of carboxylic acid groups (broad SMARTS) is 1. The fourth-order valence-corrected chi connectivity index (χ4v) is 5.95. The second kappa shape index (κ2) is 13.1. The zero-order valence-electron chi connectivity index (χ0n) is 25.5. The van der Waals surface area contributed by atoms with Gasteiger partial charge in [0.1, 0.15) is 29.3 Å². The summed E-state index contributed by atoms with van der Waals surface area (Å²) in [6.45, 7) is 3.07. The highest BCUT2D eigenvalue weighted by molar-refractivity contribution is 6.14. The Balaban J connectivity index is 0.000000879. The predicted octanol–water partition coefficient (Wildman–Crippen LogP) is 3.14. The molecule has 0 atom stereocenters. The Hall–Kier alpha value is -5.75. The average Bonchev–Trinajstić information content (AvgIpc) is 3.66. The molecule has 0 spiro atoms. The minimum atomic E-state index is -1.08. The second-order valence-electron chi connectivity index (χ2n) is 11.0. The van der Waals surface area contributed by atoms with Crippen molar-refractivity contribution in [2.45, 2.75) is 25.8 Å². The summed E-state index contributed by atoms with van der Waals surface area (Å²) in [5.74, 6) is -0.464. The van der Waals surface area contributed by atoms with Crippen molar-refractivity contribution in [2.24, 2.45) is 0 Å². The van der Waals surface area contributed by atoms with Crippen molar-refractivity contribution in [3.63, 3.8) is 0 Å². The average molecular weight is 619 g/mol. The van der Waals surface area contributed by atoms with Gasteiger partial charge in [0, 0.05) is 40.8 Å². The highest BCUT2D eigenvalue weighted by Crippen LogP contribution is 2.38. The number of amides is 1. The molecule has 0 saturated carbocycles. The highest BCUT2D eigenvalue weighted by atomic mass is 16.5. The molecule has 1 aliphatic heterocycles. The maximum atomic E-state index is 13.7. The molecule has 46 heavy (non-hydrogen) atoms. The minimum Gasteiger partial charge on any atom is -0.550 e. The van der Waals surface area contributed by atoms with Gasteiger partial charge < -0.3 is 36.0 Å². The van der Waals surface area contributed by atoms with Crippen LogP contribution in [-0.2, 0) is 4.79 Å². The molecular formula is C34H34N8O4. The number of anilines is 2. The molecule has 12 nitrogen and oxygen atoms in total. The topological polar surface area (TPSA) is 180 Å². The first-order valence-electron chi connectivity index (χ1n) is 15.0.